The standard InChI is InChI=1S/C17H13Cl2N3O2/c18-11-3-6-13(14(19)9-11)17(24)20-12-4-1-10(2-5-12)15-7-8-16(23)22-21-15/h1-6,9H,7-8H2,(H,20,24)(H,22,23). The predicted octanol–water partition coefficient (Wildman–Crippen LogP) is 3.86. The lowest BCUT2D eigenvalue weighted by molar-refractivity contribution is -0.121. The van der Waals surface area contributed by atoms with Gasteiger partial charge in [0.2, 0.25) is 5.91 Å². The van der Waals surface area contributed by atoms with Gasteiger partial charge in [0.15, 0.2) is 0 Å². The molecular weight excluding hydrogens is 349 g/mol. The van der Waals surface area contributed by atoms with Gasteiger partial charge in [0, 0.05) is 23.6 Å². The number of anilines is 1. The van der Waals surface area contributed by atoms with Crippen molar-refractivity contribution in [1.29, 1.82) is 0 Å². The lowest BCUT2D eigenvalue weighted by atomic mass is 10.0. The first-order chi connectivity index (χ1) is 11.5. The van der Waals surface area contributed by atoms with Gasteiger partial charge in [-0.25, -0.2) is 5.43 Å². The van der Waals surface area contributed by atoms with E-state index in [1.54, 1.807) is 24.3 Å². The molecule has 122 valence electrons. The first-order valence-electron chi connectivity index (χ1n) is 7.25. The van der Waals surface area contributed by atoms with Gasteiger partial charge in [0.25, 0.3) is 5.91 Å². The molecule has 0 fully saturated rings. The molecule has 5 nitrogen and oxygen atoms in total. The number of carbonyl (C=O) groups excluding carboxylic acids is 2. The van der Waals surface area contributed by atoms with Gasteiger partial charge in [-0.2, -0.15) is 5.10 Å². The van der Waals surface area contributed by atoms with Gasteiger partial charge >= 0.3 is 0 Å². The number of benzene rings is 2. The zero-order valence-electron chi connectivity index (χ0n) is 12.5. The number of rotatable bonds is 3. The van der Waals surface area contributed by atoms with Gasteiger partial charge in [0.05, 0.1) is 16.3 Å². The Balaban J connectivity index is 1.72. The smallest absolute Gasteiger partial charge is 0.257 e. The number of nitrogens with zero attached hydrogens (tertiary/aromatic N) is 1. The summed E-state index contributed by atoms with van der Waals surface area (Å²) in [5, 5.41) is 7.59. The van der Waals surface area contributed by atoms with Gasteiger partial charge in [-0.15, -0.1) is 0 Å². The summed E-state index contributed by atoms with van der Waals surface area (Å²) in [6.07, 6.45) is 1.02. The van der Waals surface area contributed by atoms with Crippen LogP contribution in [0.25, 0.3) is 0 Å². The molecule has 0 saturated carbocycles. The number of carbonyl (C=O) groups is 2. The van der Waals surface area contributed by atoms with E-state index in [1.165, 1.54) is 6.07 Å². The third kappa shape index (κ3) is 3.75. The van der Waals surface area contributed by atoms with Crippen LogP contribution >= 0.6 is 23.2 Å². The number of hydrogen-bond acceptors (Lipinski definition) is 3. The Kier molecular flexibility index (Phi) is 4.83. The molecule has 0 spiro atoms. The van der Waals surface area contributed by atoms with E-state index >= 15 is 0 Å². The van der Waals surface area contributed by atoms with Crippen LogP contribution in [-0.4, -0.2) is 17.5 Å². The van der Waals surface area contributed by atoms with E-state index in [1.807, 2.05) is 12.1 Å². The maximum absolute atomic E-state index is 12.3. The Hall–Kier alpha value is -2.37. The second kappa shape index (κ2) is 7.03. The van der Waals surface area contributed by atoms with E-state index in [4.69, 9.17) is 23.2 Å². The summed E-state index contributed by atoms with van der Waals surface area (Å²) in [5.74, 6) is -0.394. The fourth-order valence-corrected chi connectivity index (χ4v) is 2.79. The predicted molar refractivity (Wildman–Crippen MR) is 94.8 cm³/mol. The van der Waals surface area contributed by atoms with E-state index in [9.17, 15) is 9.59 Å². The molecule has 0 unspecified atom stereocenters. The first-order valence-corrected chi connectivity index (χ1v) is 8.01. The monoisotopic (exact) mass is 361 g/mol. The van der Waals surface area contributed by atoms with E-state index < -0.39 is 0 Å². The minimum Gasteiger partial charge on any atom is -0.322 e. The van der Waals surface area contributed by atoms with Crippen LogP contribution in [-0.2, 0) is 4.79 Å². The molecule has 2 amide bonds. The first kappa shape index (κ1) is 16.5. The summed E-state index contributed by atoms with van der Waals surface area (Å²) in [7, 11) is 0. The summed E-state index contributed by atoms with van der Waals surface area (Å²) >= 11 is 11.9. The van der Waals surface area contributed by atoms with Crippen molar-refractivity contribution in [3.63, 3.8) is 0 Å². The van der Waals surface area contributed by atoms with Crippen molar-refractivity contribution in [3.8, 4) is 0 Å². The highest BCUT2D eigenvalue weighted by atomic mass is 35.5. The Labute approximate surface area is 148 Å². The van der Waals surface area contributed by atoms with Gasteiger partial charge in [0.1, 0.15) is 0 Å². The van der Waals surface area contributed by atoms with E-state index in [2.05, 4.69) is 15.8 Å². The molecular formula is C17H13Cl2N3O2. The zero-order chi connectivity index (χ0) is 17.1. The summed E-state index contributed by atoms with van der Waals surface area (Å²) in [4.78, 5) is 23.4. The van der Waals surface area contributed by atoms with Crippen molar-refractivity contribution in [2.75, 3.05) is 5.32 Å². The van der Waals surface area contributed by atoms with Crippen molar-refractivity contribution < 1.29 is 9.59 Å². The van der Waals surface area contributed by atoms with Gasteiger partial charge in [-0.1, -0.05) is 35.3 Å². The lowest BCUT2D eigenvalue weighted by Crippen LogP contribution is -2.25. The average molecular weight is 362 g/mol. The summed E-state index contributed by atoms with van der Waals surface area (Å²) < 4.78 is 0. The SMILES string of the molecule is O=C1CCC(c2ccc(NC(=O)c3ccc(Cl)cc3Cl)cc2)=NN1. The molecule has 0 aromatic heterocycles. The molecule has 1 aliphatic heterocycles. The highest BCUT2D eigenvalue weighted by Crippen LogP contribution is 2.22. The van der Waals surface area contributed by atoms with Crippen LogP contribution in [0.5, 0.6) is 0 Å². The Morgan fingerprint density at radius 1 is 1.08 bits per heavy atom. The van der Waals surface area contributed by atoms with Crippen LogP contribution in [0, 0.1) is 0 Å². The van der Waals surface area contributed by atoms with Crippen LogP contribution in [0.2, 0.25) is 10.0 Å². The molecule has 0 saturated heterocycles. The highest BCUT2D eigenvalue weighted by Gasteiger charge is 2.14. The zero-order valence-corrected chi connectivity index (χ0v) is 14.0. The number of halogens is 2. The van der Waals surface area contributed by atoms with Crippen molar-refractivity contribution in [3.05, 3.63) is 63.6 Å². The van der Waals surface area contributed by atoms with Crippen LogP contribution in [0.1, 0.15) is 28.8 Å². The molecule has 2 aromatic rings. The molecule has 2 N–H and O–H groups in total. The lowest BCUT2D eigenvalue weighted by Gasteiger charge is -2.13. The van der Waals surface area contributed by atoms with Crippen molar-refractivity contribution in [2.24, 2.45) is 5.10 Å². The van der Waals surface area contributed by atoms with E-state index in [-0.39, 0.29) is 11.8 Å². The van der Waals surface area contributed by atoms with Crippen LogP contribution in [0.3, 0.4) is 0 Å². The minimum atomic E-state index is -0.313. The number of amides is 2. The Morgan fingerprint density at radius 2 is 1.83 bits per heavy atom. The average Bonchev–Trinajstić information content (AvgIpc) is 2.56. The largest absolute Gasteiger partial charge is 0.322 e. The van der Waals surface area contributed by atoms with Crippen LogP contribution in [0.15, 0.2) is 47.6 Å². The van der Waals surface area contributed by atoms with Gasteiger partial charge in [-0.3, -0.25) is 9.59 Å². The maximum Gasteiger partial charge on any atom is 0.257 e. The quantitative estimate of drug-likeness (QED) is 0.871. The van der Waals surface area contributed by atoms with Crippen LogP contribution < -0.4 is 10.7 Å². The van der Waals surface area contributed by atoms with Gasteiger partial charge < -0.3 is 5.32 Å². The third-order valence-electron chi connectivity index (χ3n) is 3.56. The molecule has 7 heteroatoms. The molecule has 24 heavy (non-hydrogen) atoms. The Morgan fingerprint density at radius 3 is 2.46 bits per heavy atom. The fraction of sp³-hybridized carbons (Fsp3) is 0.118. The van der Waals surface area contributed by atoms with Crippen molar-refractivity contribution in [2.45, 2.75) is 12.8 Å². The molecule has 0 aliphatic carbocycles. The molecule has 1 aliphatic rings. The molecule has 0 bridgehead atoms. The van der Waals surface area contributed by atoms with Crippen LogP contribution in [0.4, 0.5) is 5.69 Å². The summed E-state index contributed by atoms with van der Waals surface area (Å²) in [6, 6.07) is 11.9. The summed E-state index contributed by atoms with van der Waals surface area (Å²) in [6.45, 7) is 0. The minimum absolute atomic E-state index is 0.0810. The normalized spacial score (nSPS) is 13.9. The number of hydrazone groups is 1. The van der Waals surface area contributed by atoms with Crippen molar-refractivity contribution in [1.82, 2.24) is 5.43 Å². The molecule has 2 aromatic carbocycles. The van der Waals surface area contributed by atoms with E-state index in [0.717, 1.165) is 11.3 Å². The number of nitrogens with one attached hydrogen (secondary N) is 2. The number of hydrogen-bond donors (Lipinski definition) is 2. The van der Waals surface area contributed by atoms with Crippen molar-refractivity contribution >= 4 is 46.4 Å². The maximum atomic E-state index is 12.3. The Bertz CT molecular complexity index is 832. The second-order valence-corrected chi connectivity index (χ2v) is 6.09. The summed E-state index contributed by atoms with van der Waals surface area (Å²) in [5.41, 5.74) is 5.16. The molecule has 0 radical (unpaired) electrons. The topological polar surface area (TPSA) is 70.6 Å². The second-order valence-electron chi connectivity index (χ2n) is 5.25. The molecule has 3 rings (SSSR count). The molecule has 1 heterocycles. The fourth-order valence-electron chi connectivity index (χ4n) is 2.30. The highest BCUT2D eigenvalue weighted by molar-refractivity contribution is 6.37. The van der Waals surface area contributed by atoms with Gasteiger partial charge in [-0.05, 0) is 35.9 Å². The van der Waals surface area contributed by atoms with E-state index in [0.29, 0.717) is 34.1 Å². The molecule has 0 atom stereocenters. The third-order valence-corrected chi connectivity index (χ3v) is 4.10.